The molecular weight excluding hydrogens is 266 g/mol. The van der Waals surface area contributed by atoms with Gasteiger partial charge in [0.25, 0.3) is 0 Å². The van der Waals surface area contributed by atoms with Crippen molar-refractivity contribution in [3.8, 4) is 0 Å². The number of benzene rings is 1. The number of Topliss-reactive ketones (excluding diaryl/α,β-unsaturated/α-hetero) is 1. The van der Waals surface area contributed by atoms with Gasteiger partial charge in [-0.05, 0) is 63.7 Å². The van der Waals surface area contributed by atoms with Crippen molar-refractivity contribution >= 4 is 17.4 Å². The third-order valence-corrected chi connectivity index (χ3v) is 3.81. The number of likely N-dealkylation sites (tertiary alicyclic amines) is 1. The molecule has 21 heavy (non-hydrogen) atoms. The van der Waals surface area contributed by atoms with Gasteiger partial charge in [-0.15, -0.1) is 0 Å². The highest BCUT2D eigenvalue weighted by molar-refractivity contribution is 5.96. The predicted octanol–water partition coefficient (Wildman–Crippen LogP) is 1.37. The van der Waals surface area contributed by atoms with Crippen molar-refractivity contribution in [1.29, 1.82) is 0 Å². The number of hydrogen-bond donors (Lipinski definition) is 2. The lowest BCUT2D eigenvalue weighted by Gasteiger charge is -2.15. The molecule has 1 amide bonds. The minimum absolute atomic E-state index is 0.00400. The second-order valence-electron chi connectivity index (χ2n) is 5.63. The van der Waals surface area contributed by atoms with E-state index < -0.39 is 0 Å². The van der Waals surface area contributed by atoms with Crippen LogP contribution in [0.3, 0.4) is 0 Å². The molecule has 0 radical (unpaired) electrons. The Balaban J connectivity index is 1.80. The molecule has 2 N–H and O–H groups in total. The predicted molar refractivity (Wildman–Crippen MR) is 83.5 cm³/mol. The molecule has 0 bridgehead atoms. The molecule has 1 heterocycles. The third kappa shape index (κ3) is 4.65. The number of anilines is 1. The highest BCUT2D eigenvalue weighted by atomic mass is 16.2. The van der Waals surface area contributed by atoms with Crippen LogP contribution in [0.4, 0.5) is 5.69 Å². The molecule has 1 aromatic rings. The molecule has 0 saturated carbocycles. The lowest BCUT2D eigenvalue weighted by Crippen LogP contribution is -2.32. The Hall–Kier alpha value is -1.72. The number of ketones is 1. The maximum Gasteiger partial charge on any atom is 0.238 e. The van der Waals surface area contributed by atoms with Crippen LogP contribution >= 0.6 is 0 Å². The Labute approximate surface area is 125 Å². The lowest BCUT2D eigenvalue weighted by molar-refractivity contribution is -0.117. The quantitative estimate of drug-likeness (QED) is 0.777. The van der Waals surface area contributed by atoms with Gasteiger partial charge in [-0.25, -0.2) is 0 Å². The van der Waals surface area contributed by atoms with Crippen LogP contribution in [0.5, 0.6) is 0 Å². The molecule has 1 atom stereocenters. The molecule has 1 saturated heterocycles. The molecule has 1 aliphatic rings. The van der Waals surface area contributed by atoms with Crippen LogP contribution in [0.25, 0.3) is 0 Å². The number of carbonyl (C=O) groups excluding carboxylic acids is 2. The van der Waals surface area contributed by atoms with E-state index >= 15 is 0 Å². The SMILES string of the molecule is CNCC1CCN(CC(=O)Nc2ccc(C(C)=O)cc2)C1. The summed E-state index contributed by atoms with van der Waals surface area (Å²) in [5, 5.41) is 6.06. The Morgan fingerprint density at radius 2 is 2.00 bits per heavy atom. The molecule has 5 heteroatoms. The fourth-order valence-corrected chi connectivity index (χ4v) is 2.70. The van der Waals surface area contributed by atoms with E-state index in [1.165, 1.54) is 6.92 Å². The second-order valence-corrected chi connectivity index (χ2v) is 5.63. The molecule has 0 aliphatic carbocycles. The van der Waals surface area contributed by atoms with Crippen LogP contribution < -0.4 is 10.6 Å². The number of nitrogens with zero attached hydrogens (tertiary/aromatic N) is 1. The Bertz CT molecular complexity index is 499. The van der Waals surface area contributed by atoms with E-state index in [9.17, 15) is 9.59 Å². The number of nitrogens with one attached hydrogen (secondary N) is 2. The zero-order valence-electron chi connectivity index (χ0n) is 12.7. The summed E-state index contributed by atoms with van der Waals surface area (Å²) in [7, 11) is 1.96. The Morgan fingerprint density at radius 1 is 1.29 bits per heavy atom. The molecule has 2 rings (SSSR count). The van der Waals surface area contributed by atoms with Crippen molar-refractivity contribution in [2.75, 3.05) is 38.5 Å². The summed E-state index contributed by atoms with van der Waals surface area (Å²) in [5.74, 6) is 0.661. The first kappa shape index (κ1) is 15.7. The topological polar surface area (TPSA) is 61.4 Å². The van der Waals surface area contributed by atoms with Crippen molar-refractivity contribution in [2.24, 2.45) is 5.92 Å². The van der Waals surface area contributed by atoms with Crippen LogP contribution in [-0.2, 0) is 4.79 Å². The highest BCUT2D eigenvalue weighted by Crippen LogP contribution is 2.15. The van der Waals surface area contributed by atoms with Crippen molar-refractivity contribution < 1.29 is 9.59 Å². The molecule has 0 aromatic heterocycles. The van der Waals surface area contributed by atoms with Gasteiger partial charge in [0, 0.05) is 17.8 Å². The largest absolute Gasteiger partial charge is 0.325 e. The molecule has 0 spiro atoms. The normalized spacial score (nSPS) is 18.7. The smallest absolute Gasteiger partial charge is 0.238 e. The van der Waals surface area contributed by atoms with Gasteiger partial charge in [0.1, 0.15) is 0 Å². The van der Waals surface area contributed by atoms with Crippen molar-refractivity contribution in [2.45, 2.75) is 13.3 Å². The van der Waals surface area contributed by atoms with Crippen LogP contribution in [-0.4, -0.2) is 49.8 Å². The molecule has 5 nitrogen and oxygen atoms in total. The fraction of sp³-hybridized carbons (Fsp3) is 0.500. The van der Waals surface area contributed by atoms with Crippen LogP contribution in [0.2, 0.25) is 0 Å². The van der Waals surface area contributed by atoms with E-state index in [0.29, 0.717) is 18.0 Å². The van der Waals surface area contributed by atoms with E-state index in [2.05, 4.69) is 15.5 Å². The van der Waals surface area contributed by atoms with E-state index in [0.717, 1.165) is 31.7 Å². The standard InChI is InChI=1S/C16H23N3O2/c1-12(20)14-3-5-15(6-4-14)18-16(21)11-19-8-7-13(10-19)9-17-2/h3-6,13,17H,7-11H2,1-2H3,(H,18,21). The van der Waals surface area contributed by atoms with Gasteiger partial charge >= 0.3 is 0 Å². The molecular formula is C16H23N3O2. The number of rotatable bonds is 6. The van der Waals surface area contributed by atoms with E-state index in [4.69, 9.17) is 0 Å². The summed E-state index contributed by atoms with van der Waals surface area (Å²) >= 11 is 0. The van der Waals surface area contributed by atoms with Crippen LogP contribution in [0.1, 0.15) is 23.7 Å². The first-order valence-corrected chi connectivity index (χ1v) is 7.36. The zero-order chi connectivity index (χ0) is 15.2. The van der Waals surface area contributed by atoms with Gasteiger partial charge in [0.2, 0.25) is 5.91 Å². The van der Waals surface area contributed by atoms with Gasteiger partial charge in [0.05, 0.1) is 6.54 Å². The summed E-state index contributed by atoms with van der Waals surface area (Å²) in [5.41, 5.74) is 1.39. The van der Waals surface area contributed by atoms with Crippen molar-refractivity contribution in [3.63, 3.8) is 0 Å². The Morgan fingerprint density at radius 3 is 2.62 bits per heavy atom. The summed E-state index contributed by atoms with van der Waals surface area (Å²) in [6, 6.07) is 7.00. The average molecular weight is 289 g/mol. The van der Waals surface area contributed by atoms with E-state index in [1.807, 2.05) is 7.05 Å². The average Bonchev–Trinajstić information content (AvgIpc) is 2.87. The van der Waals surface area contributed by atoms with Gasteiger partial charge < -0.3 is 10.6 Å². The van der Waals surface area contributed by atoms with Crippen LogP contribution in [0.15, 0.2) is 24.3 Å². The Kier molecular flexibility index (Phi) is 5.47. The summed E-state index contributed by atoms with van der Waals surface area (Å²) in [6.45, 7) is 4.91. The molecule has 1 unspecified atom stereocenters. The molecule has 114 valence electrons. The van der Waals surface area contributed by atoms with Gasteiger partial charge in [-0.2, -0.15) is 0 Å². The summed E-state index contributed by atoms with van der Waals surface area (Å²) < 4.78 is 0. The first-order chi connectivity index (χ1) is 10.1. The number of amides is 1. The molecule has 1 fully saturated rings. The zero-order valence-corrected chi connectivity index (χ0v) is 12.7. The lowest BCUT2D eigenvalue weighted by atomic mass is 10.1. The maximum atomic E-state index is 12.0. The number of carbonyl (C=O) groups is 2. The highest BCUT2D eigenvalue weighted by Gasteiger charge is 2.23. The van der Waals surface area contributed by atoms with E-state index in [-0.39, 0.29) is 11.7 Å². The third-order valence-electron chi connectivity index (χ3n) is 3.81. The summed E-state index contributed by atoms with van der Waals surface area (Å²) in [4.78, 5) is 25.4. The maximum absolute atomic E-state index is 12.0. The minimum Gasteiger partial charge on any atom is -0.325 e. The monoisotopic (exact) mass is 289 g/mol. The minimum atomic E-state index is -0.00400. The first-order valence-electron chi connectivity index (χ1n) is 7.36. The van der Waals surface area contributed by atoms with Gasteiger partial charge in [-0.3, -0.25) is 14.5 Å². The second kappa shape index (κ2) is 7.33. The van der Waals surface area contributed by atoms with Gasteiger partial charge in [0.15, 0.2) is 5.78 Å². The van der Waals surface area contributed by atoms with Crippen LogP contribution in [0, 0.1) is 5.92 Å². The van der Waals surface area contributed by atoms with E-state index in [1.54, 1.807) is 24.3 Å². The van der Waals surface area contributed by atoms with Gasteiger partial charge in [-0.1, -0.05) is 0 Å². The molecule has 1 aliphatic heterocycles. The van der Waals surface area contributed by atoms with Crippen molar-refractivity contribution in [3.05, 3.63) is 29.8 Å². The molecule has 1 aromatic carbocycles. The number of hydrogen-bond acceptors (Lipinski definition) is 4. The fourth-order valence-electron chi connectivity index (χ4n) is 2.70. The van der Waals surface area contributed by atoms with Crippen molar-refractivity contribution in [1.82, 2.24) is 10.2 Å². The summed E-state index contributed by atoms with van der Waals surface area (Å²) in [6.07, 6.45) is 1.14.